The van der Waals surface area contributed by atoms with E-state index < -0.39 is 10.0 Å². The van der Waals surface area contributed by atoms with Crippen LogP contribution in [0.4, 0.5) is 0 Å². The average molecular weight is 328 g/mol. The molecule has 6 nitrogen and oxygen atoms in total. The molecule has 0 amide bonds. The fourth-order valence-electron chi connectivity index (χ4n) is 2.90. The van der Waals surface area contributed by atoms with Crippen LogP contribution in [-0.2, 0) is 16.6 Å². The van der Waals surface area contributed by atoms with E-state index in [1.54, 1.807) is 14.1 Å². The summed E-state index contributed by atoms with van der Waals surface area (Å²) in [5, 5.41) is 4.24. The molecule has 0 aliphatic carbocycles. The van der Waals surface area contributed by atoms with Gasteiger partial charge in [-0.3, -0.25) is 4.68 Å². The predicted molar refractivity (Wildman–Crippen MR) is 88.1 cm³/mol. The lowest BCUT2D eigenvalue weighted by Gasteiger charge is -2.32. The highest BCUT2D eigenvalue weighted by Crippen LogP contribution is 2.21. The lowest BCUT2D eigenvalue weighted by molar-refractivity contribution is 0.175. The molecule has 126 valence electrons. The second-order valence-corrected chi connectivity index (χ2v) is 8.60. The minimum Gasteiger partial charge on any atom is -0.303 e. The van der Waals surface area contributed by atoms with E-state index in [1.807, 2.05) is 23.1 Å². The molecule has 1 aromatic rings. The zero-order chi connectivity index (χ0) is 16.0. The van der Waals surface area contributed by atoms with Gasteiger partial charge in [-0.1, -0.05) is 0 Å². The second kappa shape index (κ2) is 8.08. The molecule has 0 aromatic carbocycles. The van der Waals surface area contributed by atoms with Gasteiger partial charge in [-0.2, -0.15) is 5.10 Å². The summed E-state index contributed by atoms with van der Waals surface area (Å²) in [7, 11) is 0.149. The Kier molecular flexibility index (Phi) is 6.40. The van der Waals surface area contributed by atoms with E-state index in [4.69, 9.17) is 0 Å². The van der Waals surface area contributed by atoms with Crippen LogP contribution in [0, 0.1) is 5.92 Å². The number of likely N-dealkylation sites (tertiary alicyclic amines) is 1. The normalized spacial score (nSPS) is 18.1. The van der Waals surface area contributed by atoms with Crippen LogP contribution in [0.25, 0.3) is 0 Å². The van der Waals surface area contributed by atoms with Crippen LogP contribution in [0.15, 0.2) is 18.5 Å². The molecule has 0 atom stereocenters. The summed E-state index contributed by atoms with van der Waals surface area (Å²) in [4.78, 5) is 2.40. The lowest BCUT2D eigenvalue weighted by atomic mass is 9.93. The van der Waals surface area contributed by atoms with Crippen molar-refractivity contribution in [3.8, 4) is 0 Å². The summed E-state index contributed by atoms with van der Waals surface area (Å²) in [6, 6.07) is 1.96. The molecular weight excluding hydrogens is 300 g/mol. The summed E-state index contributed by atoms with van der Waals surface area (Å²) in [6.45, 7) is 4.06. The maximum atomic E-state index is 11.7. The Balaban J connectivity index is 1.61. The van der Waals surface area contributed by atoms with Crippen LogP contribution in [0.2, 0.25) is 0 Å². The summed E-state index contributed by atoms with van der Waals surface area (Å²) >= 11 is 0. The van der Waals surface area contributed by atoms with Crippen LogP contribution in [0.1, 0.15) is 25.7 Å². The van der Waals surface area contributed by atoms with Gasteiger partial charge in [-0.25, -0.2) is 12.7 Å². The molecule has 0 bridgehead atoms. The van der Waals surface area contributed by atoms with Gasteiger partial charge >= 0.3 is 0 Å². The predicted octanol–water partition coefficient (Wildman–Crippen LogP) is 1.27. The van der Waals surface area contributed by atoms with Crippen LogP contribution in [0.5, 0.6) is 0 Å². The minimum atomic E-state index is -3.05. The van der Waals surface area contributed by atoms with Crippen molar-refractivity contribution in [2.75, 3.05) is 39.5 Å². The molecular formula is C15H28N4O2S. The third-order valence-electron chi connectivity index (χ3n) is 4.47. The van der Waals surface area contributed by atoms with E-state index in [0.29, 0.717) is 0 Å². The van der Waals surface area contributed by atoms with Crippen molar-refractivity contribution < 1.29 is 8.42 Å². The lowest BCUT2D eigenvalue weighted by Crippen LogP contribution is -2.36. The highest BCUT2D eigenvalue weighted by atomic mass is 32.2. The van der Waals surface area contributed by atoms with E-state index in [1.165, 1.54) is 23.6 Å². The molecule has 0 spiro atoms. The fourth-order valence-corrected chi connectivity index (χ4v) is 3.76. The molecule has 0 radical (unpaired) electrons. The van der Waals surface area contributed by atoms with Crippen molar-refractivity contribution >= 4 is 10.0 Å². The first-order valence-electron chi connectivity index (χ1n) is 8.07. The first-order valence-corrected chi connectivity index (χ1v) is 9.68. The third-order valence-corrected chi connectivity index (χ3v) is 6.38. The van der Waals surface area contributed by atoms with E-state index in [-0.39, 0.29) is 5.75 Å². The zero-order valence-electron chi connectivity index (χ0n) is 13.7. The number of aromatic nitrogens is 2. The van der Waals surface area contributed by atoms with Crippen molar-refractivity contribution in [3.05, 3.63) is 18.5 Å². The first-order chi connectivity index (χ1) is 10.5. The van der Waals surface area contributed by atoms with Gasteiger partial charge in [0.2, 0.25) is 10.0 Å². The number of aryl methyl sites for hydroxylation is 1. The first kappa shape index (κ1) is 17.4. The monoisotopic (exact) mass is 328 g/mol. The zero-order valence-corrected chi connectivity index (χ0v) is 14.5. The maximum absolute atomic E-state index is 11.7. The standard InChI is InChI=1S/C15H28N4O2S/c1-17(2)22(20,21)14-4-9-18-11-5-15(6-12-18)7-13-19-10-3-8-16-19/h3,8,10,15H,4-7,9,11-14H2,1-2H3. The number of rotatable bonds is 8. The number of sulfonamides is 1. The molecule has 2 heterocycles. The van der Waals surface area contributed by atoms with Gasteiger partial charge in [0.05, 0.1) is 5.75 Å². The van der Waals surface area contributed by atoms with E-state index in [0.717, 1.165) is 38.5 Å². The van der Waals surface area contributed by atoms with E-state index in [2.05, 4.69) is 10.00 Å². The SMILES string of the molecule is CN(C)S(=O)(=O)CCCN1CCC(CCn2cccn2)CC1. The number of hydrogen-bond acceptors (Lipinski definition) is 4. The largest absolute Gasteiger partial charge is 0.303 e. The van der Waals surface area contributed by atoms with Crippen molar-refractivity contribution in [2.24, 2.45) is 5.92 Å². The van der Waals surface area contributed by atoms with Gasteiger partial charge in [0.25, 0.3) is 0 Å². The molecule has 1 aliphatic heterocycles. The van der Waals surface area contributed by atoms with Crippen molar-refractivity contribution in [3.63, 3.8) is 0 Å². The van der Waals surface area contributed by atoms with Gasteiger partial charge in [0.15, 0.2) is 0 Å². The van der Waals surface area contributed by atoms with Crippen LogP contribution < -0.4 is 0 Å². The highest BCUT2D eigenvalue weighted by Gasteiger charge is 2.20. The van der Waals surface area contributed by atoms with Crippen LogP contribution in [0.3, 0.4) is 0 Å². The smallest absolute Gasteiger partial charge is 0.213 e. The molecule has 1 aliphatic rings. The summed E-state index contributed by atoms with van der Waals surface area (Å²) < 4.78 is 26.8. The average Bonchev–Trinajstić information content (AvgIpc) is 2.99. The molecule has 0 unspecified atom stereocenters. The fraction of sp³-hybridized carbons (Fsp3) is 0.800. The maximum Gasteiger partial charge on any atom is 0.213 e. The molecule has 0 saturated carbocycles. The second-order valence-electron chi connectivity index (χ2n) is 6.29. The molecule has 22 heavy (non-hydrogen) atoms. The quantitative estimate of drug-likeness (QED) is 0.721. The van der Waals surface area contributed by atoms with Crippen molar-refractivity contribution in [2.45, 2.75) is 32.2 Å². The molecule has 1 fully saturated rings. The van der Waals surface area contributed by atoms with Gasteiger partial charge < -0.3 is 4.90 Å². The molecule has 0 N–H and O–H groups in total. The third kappa shape index (κ3) is 5.37. The Morgan fingerprint density at radius 2 is 1.95 bits per heavy atom. The van der Waals surface area contributed by atoms with Crippen LogP contribution >= 0.6 is 0 Å². The molecule has 2 rings (SSSR count). The summed E-state index contributed by atoms with van der Waals surface area (Å²) in [5.74, 6) is 1.02. The molecule has 7 heteroatoms. The van der Waals surface area contributed by atoms with Crippen molar-refractivity contribution in [1.82, 2.24) is 19.0 Å². The van der Waals surface area contributed by atoms with E-state index >= 15 is 0 Å². The Morgan fingerprint density at radius 1 is 1.23 bits per heavy atom. The van der Waals surface area contributed by atoms with Gasteiger partial charge in [-0.05, 0) is 57.3 Å². The topological polar surface area (TPSA) is 58.4 Å². The van der Waals surface area contributed by atoms with E-state index in [9.17, 15) is 8.42 Å². The molecule has 1 aromatic heterocycles. The summed E-state index contributed by atoms with van der Waals surface area (Å²) in [5.41, 5.74) is 0. The Labute approximate surface area is 134 Å². The van der Waals surface area contributed by atoms with Gasteiger partial charge in [0.1, 0.15) is 0 Å². The Hall–Kier alpha value is -0.920. The highest BCUT2D eigenvalue weighted by molar-refractivity contribution is 7.89. The number of hydrogen-bond donors (Lipinski definition) is 0. The molecule has 1 saturated heterocycles. The van der Waals surface area contributed by atoms with Crippen molar-refractivity contribution in [1.29, 1.82) is 0 Å². The number of piperidine rings is 1. The minimum absolute atomic E-state index is 0.249. The Bertz CT molecular complexity index is 520. The van der Waals surface area contributed by atoms with Gasteiger partial charge in [-0.15, -0.1) is 0 Å². The summed E-state index contributed by atoms with van der Waals surface area (Å²) in [6.07, 6.45) is 8.16. The van der Waals surface area contributed by atoms with Gasteiger partial charge in [0, 0.05) is 33.0 Å². The number of nitrogens with zero attached hydrogens (tertiary/aromatic N) is 4. The van der Waals surface area contributed by atoms with Crippen LogP contribution in [-0.4, -0.2) is 66.9 Å². The Morgan fingerprint density at radius 3 is 2.55 bits per heavy atom.